The van der Waals surface area contributed by atoms with E-state index in [-0.39, 0.29) is 6.04 Å². The van der Waals surface area contributed by atoms with Crippen molar-refractivity contribution in [3.05, 3.63) is 45.6 Å². The molecule has 0 bridgehead atoms. The monoisotopic (exact) mass is 257 g/mol. The minimum absolute atomic E-state index is 0.167. The molecule has 0 saturated carbocycles. The molecule has 2 N–H and O–H groups in total. The molecule has 1 aliphatic rings. The lowest BCUT2D eigenvalue weighted by molar-refractivity contribution is 0.224. The Morgan fingerprint density at radius 2 is 2.00 bits per heavy atom. The van der Waals surface area contributed by atoms with E-state index in [2.05, 4.69) is 0 Å². The summed E-state index contributed by atoms with van der Waals surface area (Å²) in [4.78, 5) is 0. The molecule has 16 heavy (non-hydrogen) atoms. The van der Waals surface area contributed by atoms with Crippen LogP contribution in [0.2, 0.25) is 10.0 Å². The van der Waals surface area contributed by atoms with E-state index in [0.717, 1.165) is 24.4 Å². The summed E-state index contributed by atoms with van der Waals surface area (Å²) < 4.78 is 5.42. The summed E-state index contributed by atoms with van der Waals surface area (Å²) in [6, 6.07) is 5.30. The number of nitrogens with two attached hydrogens (primary N) is 1. The maximum atomic E-state index is 6.08. The Balaban J connectivity index is 2.14. The highest BCUT2D eigenvalue weighted by molar-refractivity contribution is 6.36. The minimum atomic E-state index is -0.167. The third-order valence-electron chi connectivity index (χ3n) is 2.58. The van der Waals surface area contributed by atoms with Crippen molar-refractivity contribution in [2.45, 2.75) is 18.9 Å². The second-order valence-electron chi connectivity index (χ2n) is 3.75. The van der Waals surface area contributed by atoms with E-state index in [1.165, 1.54) is 0 Å². The maximum absolute atomic E-state index is 6.08. The summed E-state index contributed by atoms with van der Waals surface area (Å²) in [6.45, 7) is 0.722. The Morgan fingerprint density at radius 1 is 1.31 bits per heavy atom. The van der Waals surface area contributed by atoms with Crippen LogP contribution in [-0.2, 0) is 11.2 Å². The summed E-state index contributed by atoms with van der Waals surface area (Å²) >= 11 is 12.2. The average Bonchev–Trinajstić information content (AvgIpc) is 2.76. The zero-order chi connectivity index (χ0) is 11.5. The standard InChI is InChI=1S/C12H13Cl2NO/c13-9-3-1-4-10(14)8(9)7-11(15)12-5-2-6-16-12/h1,3-5,11H,2,6-7,15H2. The van der Waals surface area contributed by atoms with Crippen LogP contribution in [0.25, 0.3) is 0 Å². The van der Waals surface area contributed by atoms with Crippen molar-refractivity contribution in [2.24, 2.45) is 5.73 Å². The van der Waals surface area contributed by atoms with Crippen LogP contribution in [0, 0.1) is 0 Å². The first-order valence-corrected chi connectivity index (χ1v) is 5.95. The molecule has 86 valence electrons. The zero-order valence-electron chi connectivity index (χ0n) is 8.75. The first-order chi connectivity index (χ1) is 7.68. The molecule has 0 saturated heterocycles. The summed E-state index contributed by atoms with van der Waals surface area (Å²) in [6.07, 6.45) is 3.55. The minimum Gasteiger partial charge on any atom is -0.496 e. The second kappa shape index (κ2) is 5.09. The Bertz CT molecular complexity index is 397. The average molecular weight is 258 g/mol. The van der Waals surface area contributed by atoms with Gasteiger partial charge in [0.25, 0.3) is 0 Å². The molecule has 1 heterocycles. The van der Waals surface area contributed by atoms with E-state index >= 15 is 0 Å². The van der Waals surface area contributed by atoms with Crippen molar-refractivity contribution in [3.8, 4) is 0 Å². The maximum Gasteiger partial charge on any atom is 0.109 e. The molecule has 2 nitrogen and oxygen atoms in total. The Labute approximate surface area is 105 Å². The molecular weight excluding hydrogens is 245 g/mol. The van der Waals surface area contributed by atoms with Crippen LogP contribution >= 0.6 is 23.2 Å². The fourth-order valence-corrected chi connectivity index (χ4v) is 2.29. The van der Waals surface area contributed by atoms with E-state index in [4.69, 9.17) is 33.7 Å². The predicted octanol–water partition coefficient (Wildman–Crippen LogP) is 3.17. The zero-order valence-corrected chi connectivity index (χ0v) is 10.3. The fourth-order valence-electron chi connectivity index (χ4n) is 1.74. The number of ether oxygens (including phenoxy) is 1. The van der Waals surface area contributed by atoms with Crippen LogP contribution < -0.4 is 5.73 Å². The number of benzene rings is 1. The van der Waals surface area contributed by atoms with Gasteiger partial charge >= 0.3 is 0 Å². The Hall–Kier alpha value is -0.700. The lowest BCUT2D eigenvalue weighted by Crippen LogP contribution is -2.26. The lowest BCUT2D eigenvalue weighted by Gasteiger charge is -2.15. The highest BCUT2D eigenvalue weighted by Crippen LogP contribution is 2.27. The molecule has 1 aromatic carbocycles. The Kier molecular flexibility index (Phi) is 3.74. The van der Waals surface area contributed by atoms with E-state index < -0.39 is 0 Å². The third kappa shape index (κ3) is 2.51. The van der Waals surface area contributed by atoms with Gasteiger partial charge in [-0.25, -0.2) is 0 Å². The SMILES string of the molecule is NC(Cc1c(Cl)cccc1Cl)C1=CCCO1. The van der Waals surface area contributed by atoms with Gasteiger partial charge in [0.15, 0.2) is 0 Å². The molecule has 1 atom stereocenters. The van der Waals surface area contributed by atoms with Crippen LogP contribution in [0.4, 0.5) is 0 Å². The molecular formula is C12H13Cl2NO. The van der Waals surface area contributed by atoms with Crippen LogP contribution in [0.3, 0.4) is 0 Å². The molecule has 0 fully saturated rings. The molecule has 0 radical (unpaired) electrons. The van der Waals surface area contributed by atoms with Gasteiger partial charge in [-0.05, 0) is 30.2 Å². The highest BCUT2D eigenvalue weighted by Gasteiger charge is 2.17. The predicted molar refractivity (Wildman–Crippen MR) is 66.8 cm³/mol. The fraction of sp³-hybridized carbons (Fsp3) is 0.333. The smallest absolute Gasteiger partial charge is 0.109 e. The summed E-state index contributed by atoms with van der Waals surface area (Å²) in [7, 11) is 0. The van der Waals surface area contributed by atoms with Gasteiger partial charge in [-0.2, -0.15) is 0 Å². The van der Waals surface area contributed by atoms with Crippen LogP contribution in [-0.4, -0.2) is 12.6 Å². The van der Waals surface area contributed by atoms with Crippen LogP contribution in [0.1, 0.15) is 12.0 Å². The van der Waals surface area contributed by atoms with Crippen molar-refractivity contribution in [3.63, 3.8) is 0 Å². The van der Waals surface area contributed by atoms with E-state index in [0.29, 0.717) is 16.5 Å². The van der Waals surface area contributed by atoms with E-state index in [1.807, 2.05) is 24.3 Å². The number of halogens is 2. The topological polar surface area (TPSA) is 35.2 Å². The van der Waals surface area contributed by atoms with E-state index in [1.54, 1.807) is 0 Å². The normalized spacial score (nSPS) is 16.8. The van der Waals surface area contributed by atoms with Crippen molar-refractivity contribution in [1.82, 2.24) is 0 Å². The summed E-state index contributed by atoms with van der Waals surface area (Å²) in [5.74, 6) is 0.844. The number of hydrogen-bond donors (Lipinski definition) is 1. The molecule has 4 heteroatoms. The molecule has 2 rings (SSSR count). The summed E-state index contributed by atoms with van der Waals surface area (Å²) in [5.41, 5.74) is 6.92. The van der Waals surface area contributed by atoms with Gasteiger partial charge in [0.05, 0.1) is 12.6 Å². The van der Waals surface area contributed by atoms with Gasteiger partial charge in [0.1, 0.15) is 5.76 Å². The van der Waals surface area contributed by atoms with Gasteiger partial charge in [-0.3, -0.25) is 0 Å². The molecule has 0 aliphatic carbocycles. The van der Waals surface area contributed by atoms with Crippen LogP contribution in [0.5, 0.6) is 0 Å². The molecule has 1 aromatic rings. The van der Waals surface area contributed by atoms with Crippen molar-refractivity contribution in [1.29, 1.82) is 0 Å². The van der Waals surface area contributed by atoms with Gasteiger partial charge in [-0.1, -0.05) is 29.3 Å². The first-order valence-electron chi connectivity index (χ1n) is 5.20. The van der Waals surface area contributed by atoms with Crippen molar-refractivity contribution >= 4 is 23.2 Å². The highest BCUT2D eigenvalue weighted by atomic mass is 35.5. The molecule has 0 spiro atoms. The number of hydrogen-bond acceptors (Lipinski definition) is 2. The lowest BCUT2D eigenvalue weighted by atomic mass is 10.0. The van der Waals surface area contributed by atoms with Gasteiger partial charge in [0, 0.05) is 16.5 Å². The molecule has 1 aliphatic heterocycles. The summed E-state index contributed by atoms with van der Waals surface area (Å²) in [5, 5.41) is 1.31. The second-order valence-corrected chi connectivity index (χ2v) is 4.57. The molecule has 1 unspecified atom stereocenters. The molecule has 0 amide bonds. The van der Waals surface area contributed by atoms with Crippen molar-refractivity contribution in [2.75, 3.05) is 6.61 Å². The largest absolute Gasteiger partial charge is 0.496 e. The van der Waals surface area contributed by atoms with E-state index in [9.17, 15) is 0 Å². The van der Waals surface area contributed by atoms with Crippen molar-refractivity contribution < 1.29 is 4.74 Å². The van der Waals surface area contributed by atoms with Gasteiger partial charge < -0.3 is 10.5 Å². The third-order valence-corrected chi connectivity index (χ3v) is 3.29. The van der Waals surface area contributed by atoms with Crippen LogP contribution in [0.15, 0.2) is 30.0 Å². The number of rotatable bonds is 3. The van der Waals surface area contributed by atoms with Gasteiger partial charge in [0.2, 0.25) is 0 Å². The molecule has 0 aromatic heterocycles. The first kappa shape index (κ1) is 11.8. The quantitative estimate of drug-likeness (QED) is 0.903. The Morgan fingerprint density at radius 3 is 2.56 bits per heavy atom. The van der Waals surface area contributed by atoms with Gasteiger partial charge in [-0.15, -0.1) is 0 Å².